The van der Waals surface area contributed by atoms with Gasteiger partial charge in [0.25, 0.3) is 0 Å². The second kappa shape index (κ2) is 5.04. The molecule has 1 saturated heterocycles. The summed E-state index contributed by atoms with van der Waals surface area (Å²) >= 11 is 0. The molecule has 110 valence electrons. The second-order valence-corrected chi connectivity index (χ2v) is 7.63. The number of nitrogens with one attached hydrogen (secondary N) is 1. The Morgan fingerprint density at radius 1 is 1.11 bits per heavy atom. The van der Waals surface area contributed by atoms with Gasteiger partial charge in [-0.05, 0) is 57.4 Å². The summed E-state index contributed by atoms with van der Waals surface area (Å²) in [5.41, 5.74) is 0.834. The summed E-state index contributed by atoms with van der Waals surface area (Å²) in [6.07, 6.45) is 9.91. The molecule has 2 aliphatic carbocycles. The molecule has 0 spiro atoms. The van der Waals surface area contributed by atoms with Gasteiger partial charge in [0.05, 0.1) is 0 Å². The topological polar surface area (TPSA) is 15.3 Å². The van der Waals surface area contributed by atoms with Crippen molar-refractivity contribution in [3.63, 3.8) is 0 Å². The number of hydrogen-bond acceptors (Lipinski definition) is 2. The van der Waals surface area contributed by atoms with Crippen LogP contribution in [0.2, 0.25) is 0 Å². The second-order valence-electron chi connectivity index (χ2n) is 7.63. The Balaban J connectivity index is 1.70. The van der Waals surface area contributed by atoms with E-state index in [4.69, 9.17) is 0 Å². The molecule has 1 aliphatic heterocycles. The fraction of sp³-hybridized carbons (Fsp3) is 1.00. The molecule has 3 rings (SSSR count). The van der Waals surface area contributed by atoms with Crippen molar-refractivity contribution < 1.29 is 0 Å². The molecule has 3 fully saturated rings. The molecule has 2 nitrogen and oxygen atoms in total. The molecule has 1 atom stereocenters. The van der Waals surface area contributed by atoms with Gasteiger partial charge in [0, 0.05) is 24.2 Å². The van der Waals surface area contributed by atoms with E-state index < -0.39 is 0 Å². The van der Waals surface area contributed by atoms with Crippen molar-refractivity contribution in [2.45, 2.75) is 76.8 Å². The molecule has 2 heteroatoms. The van der Waals surface area contributed by atoms with Crippen molar-refractivity contribution in [3.05, 3.63) is 0 Å². The molecule has 3 aliphatic rings. The largest absolute Gasteiger partial charge is 0.308 e. The summed E-state index contributed by atoms with van der Waals surface area (Å²) in [5.74, 6) is 2.03. The SMILES string of the molecule is CCC1(CC)CN(CCC2CC2)C(C)(C2CC2)CN1. The van der Waals surface area contributed by atoms with Gasteiger partial charge < -0.3 is 5.32 Å². The van der Waals surface area contributed by atoms with Gasteiger partial charge in [-0.1, -0.05) is 26.7 Å². The molecule has 0 aromatic rings. The fourth-order valence-corrected chi connectivity index (χ4v) is 3.99. The van der Waals surface area contributed by atoms with Crippen molar-refractivity contribution in [1.82, 2.24) is 10.2 Å². The van der Waals surface area contributed by atoms with Crippen molar-refractivity contribution in [3.8, 4) is 0 Å². The first kappa shape index (κ1) is 13.9. The number of rotatable bonds is 6. The van der Waals surface area contributed by atoms with Crippen LogP contribution in [-0.4, -0.2) is 35.6 Å². The van der Waals surface area contributed by atoms with Crippen LogP contribution in [0.1, 0.15) is 65.7 Å². The van der Waals surface area contributed by atoms with Gasteiger partial charge in [-0.15, -0.1) is 0 Å². The predicted molar refractivity (Wildman–Crippen MR) is 81.4 cm³/mol. The van der Waals surface area contributed by atoms with Crippen molar-refractivity contribution >= 4 is 0 Å². The smallest absolute Gasteiger partial charge is 0.0334 e. The highest BCUT2D eigenvalue weighted by Gasteiger charge is 2.50. The molecule has 0 aromatic heterocycles. The Kier molecular flexibility index (Phi) is 3.68. The minimum absolute atomic E-state index is 0.387. The lowest BCUT2D eigenvalue weighted by atomic mass is 9.81. The van der Waals surface area contributed by atoms with Crippen LogP contribution < -0.4 is 5.32 Å². The van der Waals surface area contributed by atoms with Gasteiger partial charge in [0.1, 0.15) is 0 Å². The van der Waals surface area contributed by atoms with E-state index in [1.54, 1.807) is 0 Å². The molecule has 0 radical (unpaired) electrons. The maximum atomic E-state index is 3.94. The van der Waals surface area contributed by atoms with Crippen molar-refractivity contribution in [2.75, 3.05) is 19.6 Å². The number of piperazine rings is 1. The molecular weight excluding hydrogens is 232 g/mol. The summed E-state index contributed by atoms with van der Waals surface area (Å²) in [5, 5.41) is 3.94. The van der Waals surface area contributed by atoms with Crippen molar-refractivity contribution in [1.29, 1.82) is 0 Å². The third-order valence-corrected chi connectivity index (χ3v) is 6.35. The average molecular weight is 264 g/mol. The first-order chi connectivity index (χ1) is 9.12. The first-order valence-corrected chi connectivity index (χ1v) is 8.62. The van der Waals surface area contributed by atoms with Gasteiger partial charge in [-0.25, -0.2) is 0 Å². The quantitative estimate of drug-likeness (QED) is 0.791. The zero-order valence-electron chi connectivity index (χ0n) is 13.2. The molecule has 1 N–H and O–H groups in total. The molecular formula is C17H32N2. The normalized spacial score (nSPS) is 35.5. The van der Waals surface area contributed by atoms with E-state index in [1.807, 2.05) is 0 Å². The van der Waals surface area contributed by atoms with Crippen LogP contribution in [0.15, 0.2) is 0 Å². The lowest BCUT2D eigenvalue weighted by Crippen LogP contribution is -2.69. The van der Waals surface area contributed by atoms with E-state index in [0.29, 0.717) is 11.1 Å². The highest BCUT2D eigenvalue weighted by atomic mass is 15.3. The third-order valence-electron chi connectivity index (χ3n) is 6.35. The van der Waals surface area contributed by atoms with Gasteiger partial charge in [-0.2, -0.15) is 0 Å². The highest BCUT2D eigenvalue weighted by molar-refractivity contribution is 5.08. The van der Waals surface area contributed by atoms with E-state index in [9.17, 15) is 0 Å². The summed E-state index contributed by atoms with van der Waals surface area (Å²) in [4.78, 5) is 2.88. The van der Waals surface area contributed by atoms with Crippen LogP contribution in [0.3, 0.4) is 0 Å². The molecule has 0 aromatic carbocycles. The lowest BCUT2D eigenvalue weighted by molar-refractivity contribution is -0.00373. The predicted octanol–water partition coefficient (Wildman–Crippen LogP) is 3.42. The highest BCUT2D eigenvalue weighted by Crippen LogP contribution is 2.46. The molecule has 19 heavy (non-hydrogen) atoms. The van der Waals surface area contributed by atoms with Crippen LogP contribution in [0.4, 0.5) is 0 Å². The summed E-state index contributed by atoms with van der Waals surface area (Å²) in [7, 11) is 0. The van der Waals surface area contributed by atoms with Crippen molar-refractivity contribution in [2.24, 2.45) is 11.8 Å². The molecule has 0 bridgehead atoms. The third kappa shape index (κ3) is 2.71. The van der Waals surface area contributed by atoms with Crippen LogP contribution in [0.5, 0.6) is 0 Å². The van der Waals surface area contributed by atoms with Gasteiger partial charge in [-0.3, -0.25) is 4.90 Å². The summed E-state index contributed by atoms with van der Waals surface area (Å²) in [6, 6.07) is 0. The molecule has 0 amide bonds. The van der Waals surface area contributed by atoms with E-state index in [1.165, 1.54) is 64.6 Å². The Morgan fingerprint density at radius 3 is 2.32 bits per heavy atom. The molecule has 1 heterocycles. The van der Waals surface area contributed by atoms with E-state index in [0.717, 1.165) is 11.8 Å². The van der Waals surface area contributed by atoms with Crippen LogP contribution in [-0.2, 0) is 0 Å². The van der Waals surface area contributed by atoms with Crippen LogP contribution in [0.25, 0.3) is 0 Å². The minimum Gasteiger partial charge on any atom is -0.308 e. The van der Waals surface area contributed by atoms with E-state index in [2.05, 4.69) is 31.0 Å². The van der Waals surface area contributed by atoms with Gasteiger partial charge in [0.2, 0.25) is 0 Å². The minimum atomic E-state index is 0.387. The standard InChI is InChI=1S/C17H32N2/c1-4-17(5-2)13-19(11-10-14-6-7-14)16(3,12-18-17)15-8-9-15/h14-15,18H,4-13H2,1-3H3. The summed E-state index contributed by atoms with van der Waals surface area (Å²) < 4.78 is 0. The number of nitrogens with zero attached hydrogens (tertiary/aromatic N) is 1. The molecule has 1 unspecified atom stereocenters. The monoisotopic (exact) mass is 264 g/mol. The first-order valence-electron chi connectivity index (χ1n) is 8.62. The molecule has 2 saturated carbocycles. The van der Waals surface area contributed by atoms with E-state index in [-0.39, 0.29) is 0 Å². The zero-order valence-corrected chi connectivity index (χ0v) is 13.2. The Bertz CT molecular complexity index is 315. The van der Waals surface area contributed by atoms with Crippen LogP contribution in [0, 0.1) is 11.8 Å². The fourth-order valence-electron chi connectivity index (χ4n) is 3.99. The maximum absolute atomic E-state index is 3.94. The van der Waals surface area contributed by atoms with E-state index >= 15 is 0 Å². The Hall–Kier alpha value is -0.0800. The summed E-state index contributed by atoms with van der Waals surface area (Å²) in [6.45, 7) is 11.1. The Morgan fingerprint density at radius 2 is 1.79 bits per heavy atom. The Labute approximate surface area is 119 Å². The van der Waals surface area contributed by atoms with Crippen LogP contribution >= 0.6 is 0 Å². The lowest BCUT2D eigenvalue weighted by Gasteiger charge is -2.54. The van der Waals surface area contributed by atoms with Gasteiger partial charge in [0.15, 0.2) is 0 Å². The van der Waals surface area contributed by atoms with Gasteiger partial charge >= 0.3 is 0 Å². The maximum Gasteiger partial charge on any atom is 0.0334 e. The zero-order chi connectivity index (χ0) is 13.5. The number of hydrogen-bond donors (Lipinski definition) is 1. The average Bonchev–Trinajstić information content (AvgIpc) is 3.31.